The summed E-state index contributed by atoms with van der Waals surface area (Å²) in [6.07, 6.45) is 9.89. The fourth-order valence-corrected chi connectivity index (χ4v) is 4.63. The molecular formula is C20H28N2O. The first-order chi connectivity index (χ1) is 11.3. The first kappa shape index (κ1) is 15.2. The van der Waals surface area contributed by atoms with Crippen molar-refractivity contribution in [3.05, 3.63) is 35.9 Å². The van der Waals surface area contributed by atoms with Gasteiger partial charge in [-0.1, -0.05) is 43.2 Å². The predicted molar refractivity (Wildman–Crippen MR) is 92.3 cm³/mol. The van der Waals surface area contributed by atoms with Crippen molar-refractivity contribution in [2.75, 3.05) is 13.1 Å². The fraction of sp³-hybridized carbons (Fsp3) is 0.650. The van der Waals surface area contributed by atoms with E-state index in [1.165, 1.54) is 50.5 Å². The Morgan fingerprint density at radius 3 is 2.52 bits per heavy atom. The molecule has 1 heterocycles. The molecule has 0 radical (unpaired) electrons. The summed E-state index contributed by atoms with van der Waals surface area (Å²) in [5.74, 6) is 0.275. The molecule has 1 aromatic rings. The maximum atomic E-state index is 12.8. The quantitative estimate of drug-likeness (QED) is 0.905. The Hall–Kier alpha value is -1.35. The molecule has 1 aliphatic heterocycles. The lowest BCUT2D eigenvalue weighted by Crippen LogP contribution is -2.48. The third kappa shape index (κ3) is 3.03. The van der Waals surface area contributed by atoms with Gasteiger partial charge in [0.05, 0.1) is 6.04 Å². The Labute approximate surface area is 139 Å². The van der Waals surface area contributed by atoms with Gasteiger partial charge in [-0.05, 0) is 50.6 Å². The molecule has 0 bridgehead atoms. The van der Waals surface area contributed by atoms with Gasteiger partial charge in [-0.25, -0.2) is 0 Å². The molecule has 3 aliphatic rings. The number of hydrogen-bond donors (Lipinski definition) is 1. The van der Waals surface area contributed by atoms with Crippen LogP contribution in [0.1, 0.15) is 56.9 Å². The topological polar surface area (TPSA) is 32.3 Å². The second-order valence-electron chi connectivity index (χ2n) is 7.70. The Kier molecular flexibility index (Phi) is 4.14. The third-order valence-corrected chi connectivity index (χ3v) is 6.23. The van der Waals surface area contributed by atoms with Gasteiger partial charge in [-0.15, -0.1) is 0 Å². The van der Waals surface area contributed by atoms with Crippen molar-refractivity contribution in [1.29, 1.82) is 0 Å². The first-order valence-corrected chi connectivity index (χ1v) is 9.38. The molecule has 23 heavy (non-hydrogen) atoms. The number of carbonyl (C=O) groups is 1. The normalized spacial score (nSPS) is 27.2. The predicted octanol–water partition coefficient (Wildman–Crippen LogP) is 3.24. The van der Waals surface area contributed by atoms with Crippen LogP contribution >= 0.6 is 0 Å². The largest absolute Gasteiger partial charge is 0.354 e. The number of rotatable bonds is 5. The number of carbonyl (C=O) groups excluding carboxylic acids is 1. The van der Waals surface area contributed by atoms with Crippen LogP contribution in [0.5, 0.6) is 0 Å². The number of amides is 1. The van der Waals surface area contributed by atoms with E-state index in [9.17, 15) is 4.79 Å². The summed E-state index contributed by atoms with van der Waals surface area (Å²) >= 11 is 0. The molecule has 3 heteroatoms. The molecule has 1 saturated heterocycles. The lowest BCUT2D eigenvalue weighted by Gasteiger charge is -2.30. The van der Waals surface area contributed by atoms with E-state index in [0.29, 0.717) is 6.04 Å². The SMILES string of the molecule is O=C(NCC1(c2ccccc2)CC1)[C@H]1CCCN1C1CCCC1. The molecule has 0 aromatic heterocycles. The fourth-order valence-electron chi connectivity index (χ4n) is 4.63. The highest BCUT2D eigenvalue weighted by Crippen LogP contribution is 2.47. The minimum Gasteiger partial charge on any atom is -0.354 e. The Bertz CT molecular complexity index is 546. The van der Waals surface area contributed by atoms with E-state index in [1.54, 1.807) is 0 Å². The van der Waals surface area contributed by atoms with E-state index in [2.05, 4.69) is 40.5 Å². The van der Waals surface area contributed by atoms with E-state index in [-0.39, 0.29) is 17.4 Å². The van der Waals surface area contributed by atoms with Crippen molar-refractivity contribution in [3.8, 4) is 0 Å². The number of hydrogen-bond acceptors (Lipinski definition) is 2. The van der Waals surface area contributed by atoms with Crippen LogP contribution in [-0.4, -0.2) is 36.0 Å². The molecule has 1 amide bonds. The molecule has 124 valence electrons. The lowest BCUT2D eigenvalue weighted by atomic mass is 9.96. The minimum atomic E-state index is 0.129. The summed E-state index contributed by atoms with van der Waals surface area (Å²) in [4.78, 5) is 15.3. The van der Waals surface area contributed by atoms with Crippen LogP contribution in [0.25, 0.3) is 0 Å². The standard InChI is InChI=1S/C20H28N2O/c23-19(18-11-6-14-22(18)17-9-4-5-10-17)21-15-20(12-13-20)16-7-2-1-3-8-16/h1-3,7-8,17-18H,4-6,9-15H2,(H,21,23)/t18-/m1/s1. The molecule has 0 unspecified atom stereocenters. The van der Waals surface area contributed by atoms with Crippen molar-refractivity contribution in [2.24, 2.45) is 0 Å². The molecule has 3 fully saturated rings. The Morgan fingerprint density at radius 1 is 1.09 bits per heavy atom. The monoisotopic (exact) mass is 312 g/mol. The summed E-state index contributed by atoms with van der Waals surface area (Å²) in [6.45, 7) is 1.93. The van der Waals surface area contributed by atoms with Crippen molar-refractivity contribution in [2.45, 2.75) is 68.9 Å². The zero-order valence-corrected chi connectivity index (χ0v) is 14.0. The van der Waals surface area contributed by atoms with Crippen molar-refractivity contribution in [3.63, 3.8) is 0 Å². The lowest BCUT2D eigenvalue weighted by molar-refractivity contribution is -0.126. The minimum absolute atomic E-state index is 0.129. The second kappa shape index (κ2) is 6.27. The highest BCUT2D eigenvalue weighted by atomic mass is 16.2. The third-order valence-electron chi connectivity index (χ3n) is 6.23. The molecule has 4 rings (SSSR count). The van der Waals surface area contributed by atoms with E-state index in [0.717, 1.165) is 19.5 Å². The van der Waals surface area contributed by atoms with E-state index in [1.807, 2.05) is 0 Å². The van der Waals surface area contributed by atoms with Crippen molar-refractivity contribution < 1.29 is 4.79 Å². The molecule has 0 spiro atoms. The Balaban J connectivity index is 1.36. The molecule has 1 N–H and O–H groups in total. The zero-order chi connectivity index (χ0) is 15.7. The number of benzene rings is 1. The molecule has 2 aliphatic carbocycles. The molecular weight excluding hydrogens is 284 g/mol. The first-order valence-electron chi connectivity index (χ1n) is 9.38. The van der Waals surface area contributed by atoms with Crippen molar-refractivity contribution in [1.82, 2.24) is 10.2 Å². The summed E-state index contributed by atoms with van der Waals surface area (Å²) in [5, 5.41) is 3.30. The zero-order valence-electron chi connectivity index (χ0n) is 14.0. The molecule has 2 saturated carbocycles. The van der Waals surface area contributed by atoms with Crippen LogP contribution in [0, 0.1) is 0 Å². The number of nitrogens with one attached hydrogen (secondary N) is 1. The second-order valence-corrected chi connectivity index (χ2v) is 7.70. The van der Waals surface area contributed by atoms with Gasteiger partial charge in [0.1, 0.15) is 0 Å². The highest BCUT2D eigenvalue weighted by Gasteiger charge is 2.45. The van der Waals surface area contributed by atoms with Crippen molar-refractivity contribution >= 4 is 5.91 Å². The Morgan fingerprint density at radius 2 is 1.83 bits per heavy atom. The number of likely N-dealkylation sites (tertiary alicyclic amines) is 1. The number of nitrogens with zero attached hydrogens (tertiary/aromatic N) is 1. The van der Waals surface area contributed by atoms with E-state index < -0.39 is 0 Å². The van der Waals surface area contributed by atoms with Crippen LogP contribution in [0.15, 0.2) is 30.3 Å². The van der Waals surface area contributed by atoms with Gasteiger partial charge in [-0.3, -0.25) is 9.69 Å². The molecule has 1 atom stereocenters. The van der Waals surface area contributed by atoms with Gasteiger partial charge in [0.15, 0.2) is 0 Å². The van der Waals surface area contributed by atoms with Gasteiger partial charge in [0, 0.05) is 18.0 Å². The van der Waals surface area contributed by atoms with Crippen LogP contribution in [-0.2, 0) is 10.2 Å². The summed E-state index contributed by atoms with van der Waals surface area (Å²) in [6, 6.07) is 11.5. The van der Waals surface area contributed by atoms with Crippen LogP contribution in [0.4, 0.5) is 0 Å². The molecule has 3 nitrogen and oxygen atoms in total. The smallest absolute Gasteiger partial charge is 0.237 e. The van der Waals surface area contributed by atoms with Crippen LogP contribution in [0.3, 0.4) is 0 Å². The van der Waals surface area contributed by atoms with Gasteiger partial charge < -0.3 is 5.32 Å². The maximum Gasteiger partial charge on any atom is 0.237 e. The summed E-state index contributed by atoms with van der Waals surface area (Å²) in [5.41, 5.74) is 1.60. The van der Waals surface area contributed by atoms with Crippen LogP contribution in [0.2, 0.25) is 0 Å². The van der Waals surface area contributed by atoms with Gasteiger partial charge in [-0.2, -0.15) is 0 Å². The van der Waals surface area contributed by atoms with Gasteiger partial charge >= 0.3 is 0 Å². The van der Waals surface area contributed by atoms with E-state index >= 15 is 0 Å². The molecule has 1 aromatic carbocycles. The average Bonchev–Trinajstić information content (AvgIpc) is 3.01. The van der Waals surface area contributed by atoms with Gasteiger partial charge in [0.25, 0.3) is 0 Å². The maximum absolute atomic E-state index is 12.8. The summed E-state index contributed by atoms with van der Waals surface area (Å²) in [7, 11) is 0. The summed E-state index contributed by atoms with van der Waals surface area (Å²) < 4.78 is 0. The van der Waals surface area contributed by atoms with E-state index in [4.69, 9.17) is 0 Å². The van der Waals surface area contributed by atoms with Crippen LogP contribution < -0.4 is 5.32 Å². The highest BCUT2D eigenvalue weighted by molar-refractivity contribution is 5.82. The van der Waals surface area contributed by atoms with Gasteiger partial charge in [0.2, 0.25) is 5.91 Å². The average molecular weight is 312 g/mol.